The van der Waals surface area contributed by atoms with Crippen LogP contribution in [0.15, 0.2) is 36.4 Å². The van der Waals surface area contributed by atoms with Gasteiger partial charge in [-0.3, -0.25) is 42.9 Å². The first-order chi connectivity index (χ1) is 29.6. The normalized spacial score (nSPS) is 12.7. The Hall–Kier alpha value is -5.59. The van der Waals surface area contributed by atoms with Crippen LogP contribution in [0.3, 0.4) is 0 Å². The second kappa shape index (κ2) is 39.0. The van der Waals surface area contributed by atoms with E-state index in [1.165, 1.54) is 13.3 Å². The zero-order chi connectivity index (χ0) is 50.4. The zero-order valence-electron chi connectivity index (χ0n) is 34.9. The van der Waals surface area contributed by atoms with Crippen molar-refractivity contribution in [1.82, 2.24) is 10.6 Å². The highest BCUT2D eigenvalue weighted by molar-refractivity contribution is 8.13. The molecule has 4 unspecified atom stereocenters. The molecule has 2 amide bonds. The molecule has 1 rings (SSSR count). The Morgan fingerprint density at radius 2 is 1.22 bits per heavy atom. The van der Waals surface area contributed by atoms with Crippen LogP contribution in [0.2, 0.25) is 0 Å². The lowest BCUT2D eigenvalue weighted by Crippen LogP contribution is -2.49. The molecule has 1 aromatic rings. The van der Waals surface area contributed by atoms with E-state index in [0.29, 0.717) is 18.2 Å². The Kier molecular flexibility index (Phi) is 39.7. The SMILES string of the molecule is CC(O)C(=O)SCC(NC(=O)CCC(N)C(=O)O)C(=O)NCC(=O)O.NC(CCCC(=O)O)C(=O)O.NCCCCCN.N[C@@H](CS(=O)(=O)O)C(=O)O.O=C(O)/C=C/c1ccccc1. The third-order valence-corrected chi connectivity index (χ3v) is 8.76. The number of nitrogens with two attached hydrogens (primary N) is 5. The summed E-state index contributed by atoms with van der Waals surface area (Å²) in [5, 5.41) is 62.8. The maximum Gasteiger partial charge on any atom is 0.328 e. The fraction of sp³-hybridized carbons (Fsp3) is 0.528. The summed E-state index contributed by atoms with van der Waals surface area (Å²) in [7, 11) is -4.27. The van der Waals surface area contributed by atoms with Crippen LogP contribution in [0.5, 0.6) is 0 Å². The van der Waals surface area contributed by atoms with Gasteiger partial charge in [-0.1, -0.05) is 48.5 Å². The Bertz CT molecular complexity index is 1720. The number of aliphatic hydroxyl groups is 1. The molecule has 28 heteroatoms. The number of hydrogen-bond donors (Lipinski definition) is 15. The van der Waals surface area contributed by atoms with Gasteiger partial charge in [0.05, 0.1) is 0 Å². The molecule has 0 radical (unpaired) electrons. The number of thioether (sulfide) groups is 1. The highest BCUT2D eigenvalue weighted by atomic mass is 32.2. The number of aliphatic carboxylic acids is 6. The molecule has 1 aromatic carbocycles. The second-order valence-electron chi connectivity index (χ2n) is 12.7. The second-order valence-corrected chi connectivity index (χ2v) is 15.2. The number of aliphatic hydroxyl groups excluding tert-OH is 1. The molecular weight excluding hydrogens is 899 g/mol. The third-order valence-electron chi connectivity index (χ3n) is 6.86. The number of carbonyl (C=O) groups excluding carboxylic acids is 3. The van der Waals surface area contributed by atoms with E-state index in [1.807, 2.05) is 30.3 Å². The van der Waals surface area contributed by atoms with Crippen LogP contribution in [0.4, 0.5) is 0 Å². The molecule has 26 nitrogen and oxygen atoms in total. The molecule has 0 spiro atoms. The summed E-state index contributed by atoms with van der Waals surface area (Å²) in [5.74, 6) is -9.67. The van der Waals surface area contributed by atoms with Gasteiger partial charge in [-0.05, 0) is 63.8 Å². The smallest absolute Gasteiger partial charge is 0.328 e. The van der Waals surface area contributed by atoms with Crippen LogP contribution in [0, 0.1) is 0 Å². The number of rotatable bonds is 25. The number of carbonyl (C=O) groups is 9. The predicted octanol–water partition coefficient (Wildman–Crippen LogP) is -2.70. The summed E-state index contributed by atoms with van der Waals surface area (Å²) < 4.78 is 28.0. The van der Waals surface area contributed by atoms with E-state index >= 15 is 0 Å². The lowest BCUT2D eigenvalue weighted by Gasteiger charge is -2.18. The molecule has 0 saturated carbocycles. The van der Waals surface area contributed by atoms with Crippen LogP contribution in [-0.4, -0.2) is 163 Å². The number of unbranched alkanes of at least 4 members (excludes halogenated alkanes) is 2. The molecule has 0 fully saturated rings. The summed E-state index contributed by atoms with van der Waals surface area (Å²) in [4.78, 5) is 96.2. The number of carboxylic acids is 6. The Morgan fingerprint density at radius 3 is 1.61 bits per heavy atom. The first-order valence-electron chi connectivity index (χ1n) is 18.7. The van der Waals surface area contributed by atoms with E-state index in [2.05, 4.69) is 10.6 Å². The van der Waals surface area contributed by atoms with E-state index in [9.17, 15) is 51.6 Å². The summed E-state index contributed by atoms with van der Waals surface area (Å²) >= 11 is 0.596. The van der Waals surface area contributed by atoms with Crippen molar-refractivity contribution in [2.75, 3.05) is 31.1 Å². The van der Waals surface area contributed by atoms with E-state index < -0.39 is 105 Å². The monoisotopic (exact) mass is 959 g/mol. The predicted molar refractivity (Wildman–Crippen MR) is 231 cm³/mol. The standard InChI is InChI=1S/C13H21N3O8S.C9H8O2.C6H11NO4.C5H14N2.C3H7NO5S/c1-6(17)13(24)25-5-8(11(21)15-4-10(19)20)16-9(18)3-2-7(14)12(22)23;10-9(11)7-6-8-4-2-1-3-5-8;7-4(6(10)11)2-1-3-5(8)9;6-4-2-1-3-5-7;4-2(3(5)6)1-10(7,8)9/h6-8,17H,2-5,14H2,1H3,(H,15,21)(H,16,18)(H,19,20)(H,22,23);1-7H,(H,10,11);4H,1-3,7H2,(H,8,9)(H,10,11);1-7H2;2H,1,4H2,(H,5,6)(H,7,8,9)/b;7-6+;;;/t;;;;2-/m....0/s1. The van der Waals surface area contributed by atoms with E-state index in [1.54, 1.807) is 6.08 Å². The summed E-state index contributed by atoms with van der Waals surface area (Å²) in [6, 6.07) is 4.33. The highest BCUT2D eigenvalue weighted by Gasteiger charge is 2.24. The summed E-state index contributed by atoms with van der Waals surface area (Å²) in [5.41, 5.74) is 26.5. The van der Waals surface area contributed by atoms with Gasteiger partial charge in [0.25, 0.3) is 10.1 Å². The van der Waals surface area contributed by atoms with Gasteiger partial charge in [0.2, 0.25) is 16.9 Å². The van der Waals surface area contributed by atoms with Gasteiger partial charge >= 0.3 is 35.8 Å². The van der Waals surface area contributed by atoms with Crippen molar-refractivity contribution in [3.05, 3.63) is 42.0 Å². The molecule has 366 valence electrons. The van der Waals surface area contributed by atoms with Crippen molar-refractivity contribution >= 4 is 80.7 Å². The largest absolute Gasteiger partial charge is 0.481 e. The van der Waals surface area contributed by atoms with Crippen molar-refractivity contribution in [3.8, 4) is 0 Å². The maximum atomic E-state index is 11.9. The van der Waals surface area contributed by atoms with Crippen molar-refractivity contribution in [2.24, 2.45) is 28.7 Å². The van der Waals surface area contributed by atoms with Crippen LogP contribution >= 0.6 is 11.8 Å². The van der Waals surface area contributed by atoms with Gasteiger partial charge < -0.3 is 75.0 Å². The average molecular weight is 960 g/mol. The average Bonchev–Trinajstić information content (AvgIpc) is 3.20. The number of hydrogen-bond acceptors (Lipinski definition) is 18. The summed E-state index contributed by atoms with van der Waals surface area (Å²) in [6.45, 7) is 2.17. The topological polar surface area (TPSA) is 504 Å². The van der Waals surface area contributed by atoms with Crippen LogP contribution in [0.25, 0.3) is 6.08 Å². The first kappa shape index (κ1) is 65.0. The van der Waals surface area contributed by atoms with Gasteiger partial charge in [-0.25, -0.2) is 4.79 Å². The maximum absolute atomic E-state index is 11.9. The van der Waals surface area contributed by atoms with Crippen LogP contribution < -0.4 is 39.3 Å². The van der Waals surface area contributed by atoms with Crippen molar-refractivity contribution in [2.45, 2.75) is 88.6 Å². The molecular formula is C36H61N7O19S2. The van der Waals surface area contributed by atoms with Gasteiger partial charge in [0.15, 0.2) is 0 Å². The number of carboxylic acid groups (broad SMARTS) is 6. The quantitative estimate of drug-likeness (QED) is 0.0269. The first-order valence-corrected chi connectivity index (χ1v) is 21.3. The molecule has 0 aliphatic heterocycles. The molecule has 5 atom stereocenters. The Morgan fingerprint density at radius 1 is 0.719 bits per heavy atom. The minimum absolute atomic E-state index is 0.0268. The lowest BCUT2D eigenvalue weighted by atomic mass is 10.1. The van der Waals surface area contributed by atoms with Gasteiger partial charge in [-0.15, -0.1) is 0 Å². The highest BCUT2D eigenvalue weighted by Crippen LogP contribution is 2.09. The third kappa shape index (κ3) is 45.9. The van der Waals surface area contributed by atoms with E-state index in [0.717, 1.165) is 37.6 Å². The van der Waals surface area contributed by atoms with E-state index in [-0.39, 0.29) is 31.4 Å². The zero-order valence-corrected chi connectivity index (χ0v) is 36.5. The Labute approximate surface area is 372 Å². The molecule has 0 aliphatic carbocycles. The summed E-state index contributed by atoms with van der Waals surface area (Å²) in [6.07, 6.45) is 4.90. The molecule has 0 bridgehead atoms. The van der Waals surface area contributed by atoms with Gasteiger partial charge in [0, 0.05) is 24.7 Å². The van der Waals surface area contributed by atoms with Crippen molar-refractivity contribution in [3.63, 3.8) is 0 Å². The lowest BCUT2D eigenvalue weighted by molar-refractivity contribution is -0.140. The number of amides is 2. The molecule has 0 aliphatic rings. The number of nitrogens with one attached hydrogen (secondary N) is 2. The van der Waals surface area contributed by atoms with Crippen LogP contribution in [0.1, 0.15) is 63.9 Å². The molecule has 0 saturated heterocycles. The molecule has 20 N–H and O–H groups in total. The van der Waals surface area contributed by atoms with Crippen molar-refractivity contribution < 1.29 is 91.9 Å². The van der Waals surface area contributed by atoms with Gasteiger partial charge in [-0.2, -0.15) is 8.42 Å². The minimum atomic E-state index is -4.27. The fourth-order valence-corrected chi connectivity index (χ4v) is 4.93. The fourth-order valence-electron chi connectivity index (χ4n) is 3.52. The van der Waals surface area contributed by atoms with Gasteiger partial charge in [0.1, 0.15) is 42.6 Å². The number of benzene rings is 1. The minimum Gasteiger partial charge on any atom is -0.481 e. The molecule has 0 heterocycles. The van der Waals surface area contributed by atoms with Crippen molar-refractivity contribution in [1.29, 1.82) is 0 Å². The molecule has 0 aromatic heterocycles. The van der Waals surface area contributed by atoms with E-state index in [4.69, 9.17) is 69.0 Å². The Balaban J connectivity index is -0.000000385. The van der Waals surface area contributed by atoms with Crippen LogP contribution in [-0.2, 0) is 53.3 Å². The molecule has 64 heavy (non-hydrogen) atoms.